The van der Waals surface area contributed by atoms with Crippen molar-refractivity contribution in [2.45, 2.75) is 116 Å². The number of phenolic OH excluding ortho intramolecular Hbond substituents is 2. The summed E-state index contributed by atoms with van der Waals surface area (Å²) in [4.78, 5) is 80.8. The van der Waals surface area contributed by atoms with Crippen LogP contribution in [0, 0.1) is 11.8 Å². The largest absolute Gasteiger partial charge is 0.515 e. The lowest BCUT2D eigenvalue weighted by atomic mass is 9.82. The second-order valence-electron chi connectivity index (χ2n) is 19.8. The van der Waals surface area contributed by atoms with Crippen molar-refractivity contribution in [2.75, 3.05) is 47.7 Å². The van der Waals surface area contributed by atoms with Crippen LogP contribution in [0.25, 0.3) is 11.3 Å². The third kappa shape index (κ3) is 21.6. The highest BCUT2D eigenvalue weighted by Gasteiger charge is 2.39. The topological polar surface area (TPSA) is 376 Å². The third-order valence-corrected chi connectivity index (χ3v) is 13.5. The molecule has 0 amide bonds. The molecule has 4 fully saturated rings. The second kappa shape index (κ2) is 36.0. The van der Waals surface area contributed by atoms with Gasteiger partial charge in [-0.2, -0.15) is 15.3 Å². The molecule has 0 spiro atoms. The Balaban J connectivity index is 0.000000266. The number of hydrazine groups is 1. The van der Waals surface area contributed by atoms with Crippen molar-refractivity contribution in [3.8, 4) is 22.8 Å². The van der Waals surface area contributed by atoms with Gasteiger partial charge in [0.15, 0.2) is 23.3 Å². The van der Waals surface area contributed by atoms with Crippen LogP contribution in [0.15, 0.2) is 99.7 Å². The lowest BCUT2D eigenvalue weighted by molar-refractivity contribution is -0.130. The van der Waals surface area contributed by atoms with E-state index in [4.69, 9.17) is 26.8 Å². The molecule has 456 valence electrons. The highest BCUT2D eigenvalue weighted by Crippen LogP contribution is 2.33. The van der Waals surface area contributed by atoms with E-state index < -0.39 is 0 Å². The number of aryl methyl sites for hydroxylation is 2. The van der Waals surface area contributed by atoms with Gasteiger partial charge in [-0.15, -0.1) is 0 Å². The quantitative estimate of drug-likeness (QED) is 0.0184. The number of nitrogens with two attached hydrogens (primary N) is 3. The molecule has 0 radical (unpaired) electrons. The van der Waals surface area contributed by atoms with E-state index >= 15 is 0 Å². The highest BCUT2D eigenvalue weighted by atomic mass is 16.3. The van der Waals surface area contributed by atoms with Crippen LogP contribution in [0.4, 0.5) is 17.3 Å². The molecular weight excluding hydrogens is 1080 g/mol. The fourth-order valence-electron chi connectivity index (χ4n) is 9.52. The minimum Gasteiger partial charge on any atom is -0.515 e. The van der Waals surface area contributed by atoms with Crippen LogP contribution in [-0.2, 0) is 48.7 Å². The predicted molar refractivity (Wildman–Crippen MR) is 324 cm³/mol. The predicted octanol–water partition coefficient (Wildman–Crippen LogP) is 5.25. The molecule has 25 nitrogen and oxygen atoms in total. The summed E-state index contributed by atoms with van der Waals surface area (Å²) in [6.45, 7) is 4.00. The molecule has 5 aliphatic carbocycles. The molecule has 4 heterocycles. The Labute approximate surface area is 491 Å². The number of allylic oxidation sites excluding steroid dienone is 2. The van der Waals surface area contributed by atoms with Crippen molar-refractivity contribution in [3.63, 3.8) is 0 Å². The Morgan fingerprint density at radius 1 is 0.750 bits per heavy atom. The van der Waals surface area contributed by atoms with E-state index in [0.29, 0.717) is 73.1 Å². The molecule has 4 unspecified atom stereocenters. The molecule has 2 aliphatic heterocycles. The van der Waals surface area contributed by atoms with E-state index in [9.17, 15) is 33.9 Å². The summed E-state index contributed by atoms with van der Waals surface area (Å²) in [6, 6.07) is 13.8. The maximum Gasteiger partial charge on any atom is 0.227 e. The zero-order valence-electron chi connectivity index (χ0n) is 49.7. The summed E-state index contributed by atoms with van der Waals surface area (Å²) < 4.78 is 1.91. The third-order valence-electron chi connectivity index (χ3n) is 13.5. The van der Waals surface area contributed by atoms with E-state index in [1.54, 1.807) is 67.0 Å². The first-order valence-electron chi connectivity index (χ1n) is 27.8. The number of Topliss-reactive ketones (excluding diaryl/α,β-unsaturated/α-hetero) is 6. The maximum absolute atomic E-state index is 11.6. The summed E-state index contributed by atoms with van der Waals surface area (Å²) in [5.74, 6) is 6.00. The van der Waals surface area contributed by atoms with Gasteiger partial charge in [0.25, 0.3) is 0 Å². The number of aliphatic imine (C=N–C) groups is 1. The van der Waals surface area contributed by atoms with Gasteiger partial charge in [-0.1, -0.05) is 26.0 Å². The number of guanidine groups is 1. The van der Waals surface area contributed by atoms with E-state index in [-0.39, 0.29) is 70.7 Å². The number of aliphatic hydroxyl groups excluding tert-OH is 2. The van der Waals surface area contributed by atoms with E-state index in [1.165, 1.54) is 11.8 Å². The van der Waals surface area contributed by atoms with Gasteiger partial charge in [-0.25, -0.2) is 15.0 Å². The lowest BCUT2D eigenvalue weighted by Gasteiger charge is -2.28. The zero-order valence-corrected chi connectivity index (χ0v) is 49.7. The van der Waals surface area contributed by atoms with Crippen LogP contribution in [0.3, 0.4) is 0 Å². The fourth-order valence-corrected chi connectivity index (χ4v) is 9.52. The number of phenols is 2. The number of carbonyl (C=O) groups excluding carboxylic acids is 6. The number of aromatic nitrogens is 4. The number of nitrogens with one attached hydrogen (secondary N) is 2. The first kappa shape index (κ1) is 69.6. The average Bonchev–Trinajstić information content (AvgIpc) is 3.00. The van der Waals surface area contributed by atoms with Crippen LogP contribution in [0.2, 0.25) is 0 Å². The maximum atomic E-state index is 11.6. The molecule has 84 heavy (non-hydrogen) atoms. The standard InChI is InChI=1S/C16H15N5O.C9H12N2O2.C9H13NO2.C8H12N2O.C7H9N3O.C6H8O2.C2H6.CH6N2.CH4O/c1-21-14-6-5-10-8-17-16(20-15(10)13(14)9-18-21)19-11-3-2-4-12(22)7-11;1-11-8-3-2-6(5-12)9(13)7(8)4-10-11;1-10(2)6-7-8(11)4-3-5-9(7)12;1-10-7-3-2-4-8(11)6(7)5-9-10;8-7(9)10-5-2-1-3-6(11)4-5;7-5-2-1-3-6(8)4-5;1-2;1-3-2;1-2/h2-4,7-9,22H,5-6H2,1H3,(H,17,19,20);4-5,7-8,12H,2-3H2,1H3;6H,3-5H2,1-2H3;5-7H,2-4H2,1H3;1-4,11H,(H4,8,9,10);1-4H2;1-2H3;3H,2H2,1H3;2H,1H3/b;6-5+;;;;;;;. The van der Waals surface area contributed by atoms with E-state index in [0.717, 1.165) is 80.8 Å². The fraction of sp³-hybridized carbons (Fsp3) is 0.458. The van der Waals surface area contributed by atoms with Crippen molar-refractivity contribution in [2.24, 2.45) is 51.4 Å². The number of ketones is 6. The monoisotopic (exact) mass is 1160 g/mol. The average molecular weight is 1160 g/mol. The molecule has 25 heteroatoms. The first-order chi connectivity index (χ1) is 40.2. The number of aliphatic hydroxyl groups is 2. The van der Waals surface area contributed by atoms with Crippen LogP contribution in [0.5, 0.6) is 11.5 Å². The van der Waals surface area contributed by atoms with Crippen molar-refractivity contribution in [3.05, 3.63) is 95.8 Å². The molecule has 0 bridgehead atoms. The molecule has 4 saturated carbocycles. The number of carbonyl (C=O) groups is 6. The van der Waals surface area contributed by atoms with Crippen LogP contribution >= 0.6 is 0 Å². The molecular formula is C59H85N15O10. The van der Waals surface area contributed by atoms with Gasteiger partial charge in [-0.05, 0) is 88.2 Å². The van der Waals surface area contributed by atoms with Gasteiger partial charge in [0.1, 0.15) is 28.8 Å². The first-order valence-corrected chi connectivity index (χ1v) is 27.8. The van der Waals surface area contributed by atoms with Crippen LogP contribution in [0.1, 0.15) is 102 Å². The molecule has 7 aliphatic rings. The van der Waals surface area contributed by atoms with Gasteiger partial charge in [0.05, 0.1) is 59.8 Å². The summed E-state index contributed by atoms with van der Waals surface area (Å²) in [5, 5.41) is 53.7. The van der Waals surface area contributed by atoms with Gasteiger partial charge in [0.2, 0.25) is 5.95 Å². The normalized spacial score (nSPS) is 19.7. The zero-order chi connectivity index (χ0) is 62.5. The summed E-state index contributed by atoms with van der Waals surface area (Å²) in [5.41, 5.74) is 19.0. The summed E-state index contributed by atoms with van der Waals surface area (Å²) >= 11 is 0. The SMILES string of the molecule is CC.CN(C)C=C1C(=O)CCCC1=O.CN1N=CC2C(=O)/C(=C/O)CCC21.CN1N=CC2C(=O)CCCC21.CNN.CO.Cn1ncc2c1CCc1cnc(Nc3cccc(O)c3)nc1-2.NC(N)=Nc1cccc(O)c1.O=C1CCCC(=O)C1. The minimum absolute atomic E-state index is 0.0139. The minimum atomic E-state index is -0.142. The molecule has 0 saturated heterocycles. The number of hydrazone groups is 2. The Kier molecular flexibility index (Phi) is 29.8. The van der Waals surface area contributed by atoms with E-state index in [1.807, 2.05) is 82.2 Å². The molecule has 12 N–H and O–H groups in total. The van der Waals surface area contributed by atoms with Gasteiger partial charge in [0, 0.05) is 134 Å². The number of benzene rings is 2. The highest BCUT2D eigenvalue weighted by molar-refractivity contribution is 6.21. The lowest BCUT2D eigenvalue weighted by Crippen LogP contribution is -2.38. The number of rotatable bonds is 4. The number of fused-ring (bicyclic) bond motifs is 5. The van der Waals surface area contributed by atoms with Crippen molar-refractivity contribution >= 4 is 70.4 Å². The van der Waals surface area contributed by atoms with Gasteiger partial charge < -0.3 is 42.1 Å². The summed E-state index contributed by atoms with van der Waals surface area (Å²) in [7, 11) is 12.0. The molecule has 11 rings (SSSR count). The number of nitrogens with zero attached hydrogens (tertiary/aromatic N) is 10. The molecule has 2 aromatic heterocycles. The molecule has 4 atom stereocenters. The van der Waals surface area contributed by atoms with Crippen LogP contribution in [-0.4, -0.2) is 163 Å². The van der Waals surface area contributed by atoms with Gasteiger partial charge >= 0.3 is 0 Å². The Morgan fingerprint density at radius 2 is 1.33 bits per heavy atom. The Hall–Kier alpha value is -8.68. The van der Waals surface area contributed by atoms with Crippen LogP contribution < -0.4 is 28.1 Å². The molecule has 4 aromatic rings. The van der Waals surface area contributed by atoms with Gasteiger partial charge in [-0.3, -0.25) is 54.7 Å². The van der Waals surface area contributed by atoms with Crippen molar-refractivity contribution < 1.29 is 49.2 Å². The van der Waals surface area contributed by atoms with Crippen molar-refractivity contribution in [1.82, 2.24) is 40.1 Å². The number of anilines is 2. The number of hydrogen-bond donors (Lipinski definition) is 9. The Morgan fingerprint density at radius 3 is 1.88 bits per heavy atom. The van der Waals surface area contributed by atoms with E-state index in [2.05, 4.69) is 46.8 Å². The number of hydrogen-bond acceptors (Lipinski definition) is 22. The Bertz CT molecular complexity index is 2950. The smallest absolute Gasteiger partial charge is 0.227 e. The van der Waals surface area contributed by atoms with Crippen molar-refractivity contribution in [1.29, 1.82) is 0 Å². The number of aromatic hydroxyl groups is 2. The summed E-state index contributed by atoms with van der Waals surface area (Å²) in [6.07, 6.45) is 20.0. The second-order valence-corrected chi connectivity index (χ2v) is 19.8. The molecule has 2 aromatic carbocycles.